The van der Waals surface area contributed by atoms with Crippen molar-refractivity contribution < 1.29 is 22.7 Å². The number of nitrogens with one attached hydrogen (secondary N) is 1. The predicted molar refractivity (Wildman–Crippen MR) is 102 cm³/mol. The maximum absolute atomic E-state index is 12.9. The quantitative estimate of drug-likeness (QED) is 0.787. The van der Waals surface area contributed by atoms with Crippen LogP contribution in [0.2, 0.25) is 0 Å². The Morgan fingerprint density at radius 1 is 1.19 bits per heavy atom. The minimum atomic E-state index is -3.73. The van der Waals surface area contributed by atoms with Gasteiger partial charge in [0.05, 0.1) is 4.90 Å². The van der Waals surface area contributed by atoms with E-state index in [1.807, 2.05) is 0 Å². The van der Waals surface area contributed by atoms with Crippen LogP contribution in [0.3, 0.4) is 0 Å². The first kappa shape index (κ1) is 20.9. The summed E-state index contributed by atoms with van der Waals surface area (Å²) in [5, 5.41) is 2.54. The number of carbonyl (C=O) groups excluding carboxylic acids is 2. The maximum Gasteiger partial charge on any atom is 0.410 e. The minimum Gasteiger partial charge on any atom is -0.444 e. The van der Waals surface area contributed by atoms with Gasteiger partial charge in [-0.25, -0.2) is 13.2 Å². The number of sulfonamides is 1. The van der Waals surface area contributed by atoms with E-state index in [1.54, 1.807) is 32.9 Å². The van der Waals surface area contributed by atoms with Crippen LogP contribution in [-0.4, -0.2) is 61.4 Å². The number of amides is 2. The molecule has 0 aliphatic carbocycles. The Morgan fingerprint density at radius 2 is 1.81 bits per heavy atom. The van der Waals surface area contributed by atoms with Crippen LogP contribution in [0.5, 0.6) is 0 Å². The number of rotatable bonds is 4. The van der Waals surface area contributed by atoms with E-state index in [2.05, 4.69) is 11.9 Å². The van der Waals surface area contributed by atoms with Crippen LogP contribution in [0.4, 0.5) is 10.5 Å². The number of piperazine rings is 1. The summed E-state index contributed by atoms with van der Waals surface area (Å²) in [7, 11) is -3.73. The van der Waals surface area contributed by atoms with Crippen LogP contribution in [0.15, 0.2) is 41.8 Å². The van der Waals surface area contributed by atoms with E-state index in [9.17, 15) is 18.0 Å². The van der Waals surface area contributed by atoms with Gasteiger partial charge in [-0.05, 0) is 45.0 Å². The second-order valence-electron chi connectivity index (χ2n) is 7.09. The number of ether oxygens (including phenoxy) is 1. The number of nitrogens with zero attached hydrogens (tertiary/aromatic N) is 2. The van der Waals surface area contributed by atoms with Crippen molar-refractivity contribution in [1.82, 2.24) is 9.21 Å². The van der Waals surface area contributed by atoms with Gasteiger partial charge < -0.3 is 15.0 Å². The fourth-order valence-electron chi connectivity index (χ4n) is 2.51. The molecule has 148 valence electrons. The highest BCUT2D eigenvalue weighted by molar-refractivity contribution is 7.89. The first-order chi connectivity index (χ1) is 12.5. The van der Waals surface area contributed by atoms with Gasteiger partial charge in [-0.2, -0.15) is 4.31 Å². The number of carbonyl (C=O) groups is 2. The zero-order valence-corrected chi connectivity index (χ0v) is 16.6. The average molecular weight is 395 g/mol. The highest BCUT2D eigenvalue weighted by atomic mass is 32.2. The van der Waals surface area contributed by atoms with Gasteiger partial charge in [0.25, 0.3) is 0 Å². The van der Waals surface area contributed by atoms with E-state index in [0.29, 0.717) is 5.69 Å². The zero-order chi connectivity index (χ0) is 20.2. The molecule has 27 heavy (non-hydrogen) atoms. The third-order valence-electron chi connectivity index (χ3n) is 3.82. The Morgan fingerprint density at radius 3 is 2.37 bits per heavy atom. The molecule has 1 N–H and O–H groups in total. The molecule has 0 bridgehead atoms. The Hall–Kier alpha value is -2.39. The van der Waals surface area contributed by atoms with E-state index >= 15 is 0 Å². The molecular weight excluding hydrogens is 370 g/mol. The Kier molecular flexibility index (Phi) is 6.27. The van der Waals surface area contributed by atoms with Gasteiger partial charge >= 0.3 is 6.09 Å². The standard InChI is InChI=1S/C18H25N3O5S/c1-5-16(22)19-14-7-6-8-15(13-14)27(24,25)21-11-9-20(10-12-21)17(23)26-18(2,3)4/h5-8,13H,1,9-12H2,2-4H3,(H,19,22). The smallest absolute Gasteiger partial charge is 0.410 e. The predicted octanol–water partition coefficient (Wildman–Crippen LogP) is 2.05. The van der Waals surface area contributed by atoms with E-state index in [1.165, 1.54) is 21.3 Å². The van der Waals surface area contributed by atoms with Crippen LogP contribution in [0.1, 0.15) is 20.8 Å². The highest BCUT2D eigenvalue weighted by Gasteiger charge is 2.32. The minimum absolute atomic E-state index is 0.0788. The lowest BCUT2D eigenvalue weighted by Crippen LogP contribution is -2.51. The maximum atomic E-state index is 12.9. The summed E-state index contributed by atoms with van der Waals surface area (Å²) >= 11 is 0. The highest BCUT2D eigenvalue weighted by Crippen LogP contribution is 2.21. The van der Waals surface area contributed by atoms with Crippen molar-refractivity contribution in [1.29, 1.82) is 0 Å². The molecule has 1 aliphatic heterocycles. The van der Waals surface area contributed by atoms with Crippen LogP contribution in [0.25, 0.3) is 0 Å². The largest absolute Gasteiger partial charge is 0.444 e. The molecule has 2 rings (SSSR count). The molecule has 1 aliphatic rings. The van der Waals surface area contributed by atoms with Crippen LogP contribution in [-0.2, 0) is 19.6 Å². The average Bonchev–Trinajstić information content (AvgIpc) is 2.60. The number of benzene rings is 1. The van der Waals surface area contributed by atoms with E-state index < -0.39 is 27.6 Å². The summed E-state index contributed by atoms with van der Waals surface area (Å²) in [6.07, 6.45) is 0.658. The van der Waals surface area contributed by atoms with Gasteiger partial charge in [0.2, 0.25) is 15.9 Å². The summed E-state index contributed by atoms with van der Waals surface area (Å²) in [6, 6.07) is 6.03. The van der Waals surface area contributed by atoms with Crippen LogP contribution in [0, 0.1) is 0 Å². The van der Waals surface area contributed by atoms with Crippen molar-refractivity contribution in [2.24, 2.45) is 0 Å². The Labute approximate surface area is 159 Å². The lowest BCUT2D eigenvalue weighted by molar-refractivity contribution is -0.111. The fraction of sp³-hybridized carbons (Fsp3) is 0.444. The molecule has 0 radical (unpaired) electrons. The normalized spacial score (nSPS) is 15.9. The number of hydrogen-bond acceptors (Lipinski definition) is 5. The van der Waals surface area contributed by atoms with Crippen LogP contribution < -0.4 is 5.32 Å². The van der Waals surface area contributed by atoms with Crippen LogP contribution >= 0.6 is 0 Å². The molecule has 0 spiro atoms. The second kappa shape index (κ2) is 8.10. The van der Waals surface area contributed by atoms with Gasteiger partial charge in [-0.3, -0.25) is 4.79 Å². The SMILES string of the molecule is C=CC(=O)Nc1cccc(S(=O)(=O)N2CCN(C(=O)OC(C)(C)C)CC2)c1. The molecular formula is C18H25N3O5S. The van der Waals surface area contributed by atoms with Crippen molar-refractivity contribution in [3.8, 4) is 0 Å². The van der Waals surface area contributed by atoms with E-state index in [-0.39, 0.29) is 31.1 Å². The lowest BCUT2D eigenvalue weighted by atomic mass is 10.2. The molecule has 1 aromatic rings. The molecule has 2 amide bonds. The molecule has 1 saturated heterocycles. The van der Waals surface area contributed by atoms with Gasteiger partial charge in [-0.1, -0.05) is 12.6 Å². The first-order valence-electron chi connectivity index (χ1n) is 8.54. The summed E-state index contributed by atoms with van der Waals surface area (Å²) in [5.74, 6) is -0.421. The summed E-state index contributed by atoms with van der Waals surface area (Å²) in [5.41, 5.74) is -0.232. The molecule has 1 fully saturated rings. The van der Waals surface area contributed by atoms with Crippen molar-refractivity contribution >= 4 is 27.7 Å². The van der Waals surface area contributed by atoms with E-state index in [0.717, 1.165) is 6.08 Å². The van der Waals surface area contributed by atoms with Gasteiger partial charge in [0, 0.05) is 31.9 Å². The molecule has 8 nitrogen and oxygen atoms in total. The molecule has 1 heterocycles. The Balaban J connectivity index is 2.07. The molecule has 0 atom stereocenters. The summed E-state index contributed by atoms with van der Waals surface area (Å²) < 4.78 is 32.4. The molecule has 1 aromatic carbocycles. The first-order valence-corrected chi connectivity index (χ1v) is 9.98. The topological polar surface area (TPSA) is 96.0 Å². The zero-order valence-electron chi connectivity index (χ0n) is 15.8. The monoisotopic (exact) mass is 395 g/mol. The van der Waals surface area contributed by atoms with Crippen molar-refractivity contribution in [2.45, 2.75) is 31.3 Å². The van der Waals surface area contributed by atoms with Gasteiger partial charge in [-0.15, -0.1) is 0 Å². The van der Waals surface area contributed by atoms with Gasteiger partial charge in [0.15, 0.2) is 0 Å². The van der Waals surface area contributed by atoms with Crippen molar-refractivity contribution in [2.75, 3.05) is 31.5 Å². The lowest BCUT2D eigenvalue weighted by Gasteiger charge is -2.35. The van der Waals surface area contributed by atoms with Gasteiger partial charge in [0.1, 0.15) is 5.60 Å². The van der Waals surface area contributed by atoms with E-state index in [4.69, 9.17) is 4.74 Å². The number of hydrogen-bond donors (Lipinski definition) is 1. The molecule has 0 aromatic heterocycles. The fourth-order valence-corrected chi connectivity index (χ4v) is 3.98. The second-order valence-corrected chi connectivity index (χ2v) is 9.03. The molecule has 0 unspecified atom stereocenters. The summed E-state index contributed by atoms with van der Waals surface area (Å²) in [6.45, 7) is 9.55. The van der Waals surface area contributed by atoms with Crippen molar-refractivity contribution in [3.05, 3.63) is 36.9 Å². The molecule has 0 saturated carbocycles. The van der Waals surface area contributed by atoms with Crippen molar-refractivity contribution in [3.63, 3.8) is 0 Å². The third kappa shape index (κ3) is 5.54. The Bertz CT molecular complexity index is 822. The third-order valence-corrected chi connectivity index (χ3v) is 5.71. The molecule has 9 heteroatoms. The summed E-state index contributed by atoms with van der Waals surface area (Å²) in [4.78, 5) is 25.1. The number of anilines is 1.